The molecule has 3 aromatic rings. The molecule has 0 spiro atoms. The highest BCUT2D eigenvalue weighted by Crippen LogP contribution is 2.41. The van der Waals surface area contributed by atoms with Crippen LogP contribution in [0.1, 0.15) is 69.3 Å². The van der Waals surface area contributed by atoms with Gasteiger partial charge in [0.15, 0.2) is 0 Å². The number of aromatic nitrogens is 1. The molecule has 1 fully saturated rings. The fourth-order valence-electron chi connectivity index (χ4n) is 7.37. The van der Waals surface area contributed by atoms with Crippen LogP contribution in [0.25, 0.3) is 11.1 Å². The van der Waals surface area contributed by atoms with Gasteiger partial charge in [0.2, 0.25) is 17.7 Å². The smallest absolute Gasteiger partial charge is 0.253 e. The Morgan fingerprint density at radius 1 is 1.02 bits per heavy atom. The number of benzene rings is 2. The highest BCUT2D eigenvalue weighted by atomic mass is 19.1. The number of hydrogen-bond acceptors (Lipinski definition) is 7. The van der Waals surface area contributed by atoms with E-state index < -0.39 is 59.4 Å². The van der Waals surface area contributed by atoms with Crippen molar-refractivity contribution in [2.75, 3.05) is 26.2 Å². The van der Waals surface area contributed by atoms with E-state index in [9.17, 15) is 33.5 Å². The summed E-state index contributed by atoms with van der Waals surface area (Å²) in [6.45, 7) is 7.52. The number of hydrogen-bond donors (Lipinski definition) is 4. The molecule has 0 saturated heterocycles. The van der Waals surface area contributed by atoms with Crippen LogP contribution in [0.2, 0.25) is 0 Å². The first-order valence-corrected chi connectivity index (χ1v) is 18.5. The lowest BCUT2D eigenvalue weighted by molar-refractivity contribution is -0.140. The molecule has 294 valence electrons. The molecular formula is C41H50F2N6O6. The van der Waals surface area contributed by atoms with Gasteiger partial charge in [-0.05, 0) is 67.9 Å². The maximum atomic E-state index is 15.1. The molecule has 1 aliphatic heterocycles. The molecular weight excluding hydrogens is 710 g/mol. The van der Waals surface area contributed by atoms with Crippen LogP contribution in [0.4, 0.5) is 8.78 Å². The molecule has 1 saturated carbocycles. The number of nitrogens with one attached hydrogen (secondary N) is 2. The zero-order chi connectivity index (χ0) is 40.0. The van der Waals surface area contributed by atoms with E-state index in [4.69, 9.17) is 5.73 Å². The number of amides is 5. The zero-order valence-corrected chi connectivity index (χ0v) is 31.7. The molecule has 0 radical (unpaired) electrons. The van der Waals surface area contributed by atoms with E-state index in [2.05, 4.69) is 10.6 Å². The van der Waals surface area contributed by atoms with Crippen LogP contribution in [0.5, 0.6) is 0 Å². The van der Waals surface area contributed by atoms with Crippen LogP contribution in [-0.2, 0) is 30.5 Å². The van der Waals surface area contributed by atoms with Gasteiger partial charge in [0, 0.05) is 73.3 Å². The Morgan fingerprint density at radius 2 is 1.71 bits per heavy atom. The third kappa shape index (κ3) is 10.1. The molecule has 1 aromatic heterocycles. The van der Waals surface area contributed by atoms with E-state index in [0.717, 1.165) is 34.2 Å². The lowest BCUT2D eigenvalue weighted by Crippen LogP contribution is -2.49. The molecule has 14 heteroatoms. The highest BCUT2D eigenvalue weighted by Gasteiger charge is 2.38. The Labute approximate surface area is 319 Å². The summed E-state index contributed by atoms with van der Waals surface area (Å²) in [5, 5.41) is 15.8. The summed E-state index contributed by atoms with van der Waals surface area (Å²) < 4.78 is 31.3. The quantitative estimate of drug-likeness (QED) is 0.171. The van der Waals surface area contributed by atoms with Gasteiger partial charge in [-0.1, -0.05) is 50.6 Å². The summed E-state index contributed by atoms with van der Waals surface area (Å²) in [6.07, 6.45) is 5.63. The second-order valence-corrected chi connectivity index (χ2v) is 15.5. The monoisotopic (exact) mass is 760 g/mol. The maximum absolute atomic E-state index is 15.1. The SMILES string of the molecule is Cc1ccc(Cn2cc(-c3cc(F)ccc3F)cc2[C@H](N(CC[C@H](N)C(=O)N[C@@H]2CC[C@@H](C(=O)NCCN3C(=O)C=CC3=O)C2)C(=O)CO)C(C)(C)C)cc1. The fourth-order valence-corrected chi connectivity index (χ4v) is 7.37. The first kappa shape index (κ1) is 41.0. The van der Waals surface area contributed by atoms with Gasteiger partial charge in [-0.25, -0.2) is 8.78 Å². The number of aryl methyl sites for hydroxylation is 1. The Bertz CT molecular complexity index is 1920. The highest BCUT2D eigenvalue weighted by molar-refractivity contribution is 6.12. The maximum Gasteiger partial charge on any atom is 0.253 e. The van der Waals surface area contributed by atoms with Crippen molar-refractivity contribution in [2.24, 2.45) is 17.1 Å². The summed E-state index contributed by atoms with van der Waals surface area (Å²) in [6, 6.07) is 10.9. The molecule has 4 atom stereocenters. The molecule has 5 amide bonds. The largest absolute Gasteiger partial charge is 0.387 e. The molecule has 2 heterocycles. The lowest BCUT2D eigenvalue weighted by atomic mass is 9.82. The third-order valence-electron chi connectivity index (χ3n) is 10.2. The average molecular weight is 761 g/mol. The van der Waals surface area contributed by atoms with Crippen molar-refractivity contribution in [3.63, 3.8) is 0 Å². The van der Waals surface area contributed by atoms with Gasteiger partial charge < -0.3 is 30.9 Å². The summed E-state index contributed by atoms with van der Waals surface area (Å²) in [5.74, 6) is -3.67. The Morgan fingerprint density at radius 3 is 2.36 bits per heavy atom. The van der Waals surface area contributed by atoms with Crippen LogP contribution >= 0.6 is 0 Å². The van der Waals surface area contributed by atoms with Gasteiger partial charge in [-0.15, -0.1) is 0 Å². The molecule has 2 aliphatic rings. The van der Waals surface area contributed by atoms with E-state index in [1.165, 1.54) is 17.1 Å². The minimum atomic E-state index is -1.03. The Kier molecular flexibility index (Phi) is 13.0. The average Bonchev–Trinajstić information content (AvgIpc) is 3.86. The molecule has 5 rings (SSSR count). The third-order valence-corrected chi connectivity index (χ3v) is 10.2. The summed E-state index contributed by atoms with van der Waals surface area (Å²) in [5.41, 5.74) is 8.87. The molecule has 5 N–H and O–H groups in total. The number of rotatable bonds is 15. The first-order valence-electron chi connectivity index (χ1n) is 18.5. The number of halogens is 2. The molecule has 0 unspecified atom stereocenters. The molecule has 0 bridgehead atoms. The van der Waals surface area contributed by atoms with Crippen molar-refractivity contribution in [2.45, 2.75) is 78.0 Å². The van der Waals surface area contributed by atoms with Gasteiger partial charge in [0.1, 0.15) is 18.2 Å². The number of nitrogens with two attached hydrogens (primary N) is 1. The van der Waals surface area contributed by atoms with Crippen LogP contribution < -0.4 is 16.4 Å². The number of carbonyl (C=O) groups excluding carboxylic acids is 5. The van der Waals surface area contributed by atoms with Crippen molar-refractivity contribution in [1.29, 1.82) is 0 Å². The topological polar surface area (TPSA) is 167 Å². The second kappa shape index (κ2) is 17.5. The van der Waals surface area contributed by atoms with E-state index in [1.807, 2.05) is 56.5 Å². The van der Waals surface area contributed by atoms with Gasteiger partial charge in [-0.2, -0.15) is 0 Å². The summed E-state index contributed by atoms with van der Waals surface area (Å²) in [7, 11) is 0. The predicted molar refractivity (Wildman–Crippen MR) is 202 cm³/mol. The number of aliphatic hydroxyl groups is 1. The lowest BCUT2D eigenvalue weighted by Gasteiger charge is -2.41. The van der Waals surface area contributed by atoms with Gasteiger partial charge in [0.05, 0.1) is 12.1 Å². The van der Waals surface area contributed by atoms with Crippen molar-refractivity contribution in [3.8, 4) is 11.1 Å². The summed E-state index contributed by atoms with van der Waals surface area (Å²) in [4.78, 5) is 65.7. The molecule has 1 aliphatic carbocycles. The van der Waals surface area contributed by atoms with Gasteiger partial charge >= 0.3 is 0 Å². The van der Waals surface area contributed by atoms with E-state index in [1.54, 1.807) is 12.3 Å². The fraction of sp³-hybridized carbons (Fsp3) is 0.439. The van der Waals surface area contributed by atoms with Crippen molar-refractivity contribution in [3.05, 3.63) is 95.3 Å². The number of nitrogens with zero attached hydrogens (tertiary/aromatic N) is 3. The van der Waals surface area contributed by atoms with Gasteiger partial charge in [-0.3, -0.25) is 28.9 Å². The van der Waals surface area contributed by atoms with Crippen LogP contribution in [0, 0.1) is 29.9 Å². The standard InChI is InChI=1S/C41H50F2N6O6/c1-25-5-7-26(8-6-25)22-47-23-28(31-21-29(42)10-12-32(31)43)20-34(47)38(41(2,3)4)49(37(53)24-50)17-15-33(44)40(55)46-30-11-9-27(19-30)39(54)45-16-18-48-35(51)13-14-36(48)52/h5-8,10,12-14,20-21,23,27,30,33,38,50H,9,11,15-19,22,24,44H2,1-4H3,(H,45,54)(H,46,55)/t27-,30-,33+,38+/m1/s1. The van der Waals surface area contributed by atoms with E-state index in [-0.39, 0.29) is 49.5 Å². The molecule has 2 aromatic carbocycles. The summed E-state index contributed by atoms with van der Waals surface area (Å²) >= 11 is 0. The second-order valence-electron chi connectivity index (χ2n) is 15.5. The van der Waals surface area contributed by atoms with Crippen LogP contribution in [0.15, 0.2) is 66.9 Å². The Balaban J connectivity index is 1.29. The molecule has 55 heavy (non-hydrogen) atoms. The minimum absolute atomic E-state index is 0.00251. The number of imide groups is 1. The molecule has 12 nitrogen and oxygen atoms in total. The minimum Gasteiger partial charge on any atom is -0.387 e. The van der Waals surface area contributed by atoms with Crippen molar-refractivity contribution < 1.29 is 37.9 Å². The zero-order valence-electron chi connectivity index (χ0n) is 31.7. The number of carbonyl (C=O) groups is 5. The Hall–Kier alpha value is -5.21. The van der Waals surface area contributed by atoms with Crippen molar-refractivity contribution >= 4 is 29.5 Å². The van der Waals surface area contributed by atoms with Gasteiger partial charge in [0.25, 0.3) is 11.8 Å². The predicted octanol–water partition coefficient (Wildman–Crippen LogP) is 3.74. The number of aliphatic hydroxyl groups excluding tert-OH is 1. The van der Waals surface area contributed by atoms with Crippen molar-refractivity contribution in [1.82, 2.24) is 25.0 Å². The van der Waals surface area contributed by atoms with E-state index >= 15 is 4.39 Å². The van der Waals surface area contributed by atoms with Crippen LogP contribution in [-0.4, -0.2) is 87.3 Å². The normalized spacial score (nSPS) is 18.1. The first-order chi connectivity index (χ1) is 26.0. The van der Waals surface area contributed by atoms with E-state index in [0.29, 0.717) is 37.1 Å². The van der Waals surface area contributed by atoms with Crippen LogP contribution in [0.3, 0.4) is 0 Å².